The van der Waals surface area contributed by atoms with Gasteiger partial charge in [0.15, 0.2) is 0 Å². The molecule has 0 radical (unpaired) electrons. The number of hydrogen-bond donors (Lipinski definition) is 2. The van der Waals surface area contributed by atoms with E-state index < -0.39 is 21.3 Å². The van der Waals surface area contributed by atoms with E-state index in [9.17, 15) is 13.2 Å². The van der Waals surface area contributed by atoms with Crippen LogP contribution in [0.4, 0.5) is 0 Å². The minimum atomic E-state index is -4.34. The Kier molecular flexibility index (Phi) is 1.69. The first kappa shape index (κ1) is 8.15. The van der Waals surface area contributed by atoms with Crippen LogP contribution >= 0.6 is 0 Å². The monoisotopic (exact) mass is 178 g/mol. The van der Waals surface area contributed by atoms with Crippen molar-refractivity contribution in [2.45, 2.75) is 12.2 Å². The Morgan fingerprint density at radius 1 is 1.64 bits per heavy atom. The molecule has 6 nitrogen and oxygen atoms in total. The summed E-state index contributed by atoms with van der Waals surface area (Å²) in [5.41, 5.74) is 1.99. The number of carbonyl (C=O) groups is 1. The van der Waals surface area contributed by atoms with Crippen LogP contribution in [0.1, 0.15) is 6.92 Å². The number of rotatable bonds is 1. The van der Waals surface area contributed by atoms with Gasteiger partial charge in [-0.15, -0.1) is 0 Å². The second-order valence-corrected chi connectivity index (χ2v) is 3.63. The van der Waals surface area contributed by atoms with Gasteiger partial charge in [-0.2, -0.15) is 13.5 Å². The molecular formula is C4H6N2O4S. The third-order valence-electron chi connectivity index (χ3n) is 1.26. The highest BCUT2D eigenvalue weighted by molar-refractivity contribution is 7.88. The van der Waals surface area contributed by atoms with E-state index >= 15 is 0 Å². The molecule has 0 fully saturated rings. The van der Waals surface area contributed by atoms with Crippen molar-refractivity contribution in [1.82, 2.24) is 5.43 Å². The quantitative estimate of drug-likeness (QED) is 0.490. The van der Waals surface area contributed by atoms with E-state index in [0.29, 0.717) is 0 Å². The fraction of sp³-hybridized carbons (Fsp3) is 0.500. The summed E-state index contributed by atoms with van der Waals surface area (Å²) < 4.78 is 29.4. The van der Waals surface area contributed by atoms with E-state index in [1.165, 1.54) is 6.92 Å². The van der Waals surface area contributed by atoms with Crippen molar-refractivity contribution in [2.24, 2.45) is 5.10 Å². The number of hydrogen-bond acceptors (Lipinski definition) is 4. The Labute approximate surface area is 63.0 Å². The van der Waals surface area contributed by atoms with Gasteiger partial charge in [0, 0.05) is 0 Å². The zero-order chi connectivity index (χ0) is 8.65. The lowest BCUT2D eigenvalue weighted by atomic mass is 10.3. The minimum Gasteiger partial charge on any atom is -0.285 e. The summed E-state index contributed by atoms with van der Waals surface area (Å²) in [4.78, 5) is 10.7. The molecule has 0 aromatic carbocycles. The maximum Gasteiger partial charge on any atom is 0.282 e. The average molecular weight is 178 g/mol. The van der Waals surface area contributed by atoms with E-state index in [1.54, 1.807) is 0 Å². The van der Waals surface area contributed by atoms with Crippen molar-refractivity contribution in [1.29, 1.82) is 0 Å². The molecule has 0 bridgehead atoms. The van der Waals surface area contributed by atoms with E-state index in [1.807, 2.05) is 5.43 Å². The van der Waals surface area contributed by atoms with E-state index in [-0.39, 0.29) is 5.71 Å². The van der Waals surface area contributed by atoms with Gasteiger partial charge in [-0.25, -0.2) is 5.43 Å². The lowest BCUT2D eigenvalue weighted by Gasteiger charge is -2.01. The van der Waals surface area contributed by atoms with Crippen LogP contribution in [-0.4, -0.2) is 29.8 Å². The molecule has 1 atom stereocenters. The summed E-state index contributed by atoms with van der Waals surface area (Å²) >= 11 is 0. The standard InChI is InChI=1S/C4H6N2O4S/c1-2-3(11(8,9)10)4(7)6-5-2/h3H,1H3,(H,6,7)(H,8,9,10). The maximum atomic E-state index is 10.7. The van der Waals surface area contributed by atoms with Crippen LogP contribution in [0, 0.1) is 0 Å². The number of hydrazone groups is 1. The fourth-order valence-electron chi connectivity index (χ4n) is 0.801. The highest BCUT2D eigenvalue weighted by Crippen LogP contribution is 2.06. The van der Waals surface area contributed by atoms with E-state index in [0.717, 1.165) is 0 Å². The summed E-state index contributed by atoms with van der Waals surface area (Å²) in [6, 6.07) is 0. The Balaban J connectivity index is 3.06. The van der Waals surface area contributed by atoms with Crippen LogP contribution in [-0.2, 0) is 14.9 Å². The predicted molar refractivity (Wildman–Crippen MR) is 36.6 cm³/mol. The number of nitrogens with one attached hydrogen (secondary N) is 1. The van der Waals surface area contributed by atoms with Crippen molar-refractivity contribution >= 4 is 21.7 Å². The first-order valence-corrected chi connectivity index (χ1v) is 4.23. The summed E-state index contributed by atoms with van der Waals surface area (Å²) in [6.07, 6.45) is 0. The highest BCUT2D eigenvalue weighted by Gasteiger charge is 2.37. The van der Waals surface area contributed by atoms with Gasteiger partial charge in [0.1, 0.15) is 0 Å². The molecule has 1 rings (SSSR count). The van der Waals surface area contributed by atoms with Gasteiger partial charge >= 0.3 is 0 Å². The van der Waals surface area contributed by atoms with Crippen LogP contribution in [0.3, 0.4) is 0 Å². The normalized spacial score (nSPS) is 24.7. The Morgan fingerprint density at radius 2 is 2.18 bits per heavy atom. The summed E-state index contributed by atoms with van der Waals surface area (Å²) in [5.74, 6) is -0.815. The molecule has 0 aromatic heterocycles. The molecule has 2 N–H and O–H groups in total. The van der Waals surface area contributed by atoms with Crippen molar-refractivity contribution in [3.05, 3.63) is 0 Å². The zero-order valence-electron chi connectivity index (χ0n) is 5.60. The van der Waals surface area contributed by atoms with Gasteiger partial charge in [0.2, 0.25) is 5.25 Å². The molecule has 1 heterocycles. The molecule has 7 heteroatoms. The van der Waals surface area contributed by atoms with Crippen LogP contribution < -0.4 is 5.43 Å². The van der Waals surface area contributed by atoms with E-state index in [4.69, 9.17) is 4.55 Å². The molecule has 0 saturated heterocycles. The number of nitrogens with zero attached hydrogens (tertiary/aromatic N) is 1. The van der Waals surface area contributed by atoms with Gasteiger partial charge < -0.3 is 0 Å². The Hall–Kier alpha value is -0.950. The van der Waals surface area contributed by atoms with Gasteiger partial charge in [-0.3, -0.25) is 9.35 Å². The molecule has 1 amide bonds. The van der Waals surface area contributed by atoms with Crippen LogP contribution in [0.15, 0.2) is 5.10 Å². The summed E-state index contributed by atoms with van der Waals surface area (Å²) in [7, 11) is -4.34. The van der Waals surface area contributed by atoms with Crippen molar-refractivity contribution < 1.29 is 17.8 Å². The second kappa shape index (κ2) is 2.28. The lowest BCUT2D eigenvalue weighted by Crippen LogP contribution is -2.35. The van der Waals surface area contributed by atoms with Crippen molar-refractivity contribution in [2.75, 3.05) is 0 Å². The largest absolute Gasteiger partial charge is 0.285 e. The predicted octanol–water partition coefficient (Wildman–Crippen LogP) is -1.25. The molecule has 1 unspecified atom stereocenters. The molecule has 0 aromatic rings. The summed E-state index contributed by atoms with van der Waals surface area (Å²) in [6.45, 7) is 1.34. The third kappa shape index (κ3) is 1.38. The number of amides is 1. The van der Waals surface area contributed by atoms with Crippen LogP contribution in [0.5, 0.6) is 0 Å². The average Bonchev–Trinajstić information content (AvgIpc) is 2.08. The molecule has 62 valence electrons. The first-order chi connectivity index (χ1) is 4.93. The highest BCUT2D eigenvalue weighted by atomic mass is 32.2. The van der Waals surface area contributed by atoms with Crippen molar-refractivity contribution in [3.8, 4) is 0 Å². The molecule has 1 aliphatic heterocycles. The maximum absolute atomic E-state index is 10.7. The smallest absolute Gasteiger partial charge is 0.282 e. The Bertz CT molecular complexity index is 317. The fourth-order valence-corrected chi connectivity index (χ4v) is 1.61. The van der Waals surface area contributed by atoms with E-state index in [2.05, 4.69) is 5.10 Å². The zero-order valence-corrected chi connectivity index (χ0v) is 6.42. The number of carbonyl (C=O) groups excluding carboxylic acids is 1. The molecule has 11 heavy (non-hydrogen) atoms. The second-order valence-electron chi connectivity index (χ2n) is 2.12. The molecule has 0 spiro atoms. The summed E-state index contributed by atoms with van der Waals surface area (Å²) in [5, 5.41) is 1.82. The van der Waals surface area contributed by atoms with Crippen LogP contribution in [0.25, 0.3) is 0 Å². The van der Waals surface area contributed by atoms with Gasteiger partial charge in [-0.05, 0) is 6.92 Å². The lowest BCUT2D eigenvalue weighted by molar-refractivity contribution is -0.118. The minimum absolute atomic E-state index is 0.0532. The molecule has 0 saturated carbocycles. The molecule has 0 aliphatic carbocycles. The SMILES string of the molecule is CC1=NNC(=O)C1S(=O)(=O)O. The molecular weight excluding hydrogens is 172 g/mol. The van der Waals surface area contributed by atoms with Gasteiger partial charge in [-0.1, -0.05) is 0 Å². The van der Waals surface area contributed by atoms with Crippen LogP contribution in [0.2, 0.25) is 0 Å². The first-order valence-electron chi connectivity index (χ1n) is 2.73. The molecule has 1 aliphatic rings. The van der Waals surface area contributed by atoms with Gasteiger partial charge in [0.05, 0.1) is 5.71 Å². The Morgan fingerprint density at radius 3 is 2.36 bits per heavy atom. The van der Waals surface area contributed by atoms with Gasteiger partial charge in [0.25, 0.3) is 16.0 Å². The topological polar surface area (TPSA) is 95.8 Å². The van der Waals surface area contributed by atoms with Crippen molar-refractivity contribution in [3.63, 3.8) is 0 Å². The third-order valence-corrected chi connectivity index (χ3v) is 2.41.